The Bertz CT molecular complexity index is 493. The zero-order valence-electron chi connectivity index (χ0n) is 9.35. The maximum Gasteiger partial charge on any atom is 0.274 e. The van der Waals surface area contributed by atoms with Crippen LogP contribution >= 0.6 is 11.3 Å². The third kappa shape index (κ3) is 2.64. The van der Waals surface area contributed by atoms with Gasteiger partial charge in [0.15, 0.2) is 0 Å². The molecule has 1 aromatic rings. The van der Waals surface area contributed by atoms with E-state index in [1.54, 1.807) is 0 Å². The molecule has 1 aliphatic heterocycles. The third-order valence-electron chi connectivity index (χ3n) is 2.06. The number of rotatable bonds is 3. The standard InChI is InChI=1S/C9H11N5O2S/c1-4(2)8-13-14-9(17-8)10-7(16)5-3-6(15)12-11-5/h4H,3H2,1-2H3,(H,12,15)(H,10,14,16). The lowest BCUT2D eigenvalue weighted by Crippen LogP contribution is -2.22. The van der Waals surface area contributed by atoms with E-state index < -0.39 is 5.91 Å². The number of nitrogens with zero attached hydrogens (tertiary/aromatic N) is 3. The fourth-order valence-electron chi connectivity index (χ4n) is 1.18. The maximum atomic E-state index is 11.6. The van der Waals surface area contributed by atoms with Crippen molar-refractivity contribution >= 4 is 34.0 Å². The minimum atomic E-state index is -0.421. The highest BCUT2D eigenvalue weighted by molar-refractivity contribution is 7.15. The van der Waals surface area contributed by atoms with Crippen molar-refractivity contribution in [2.45, 2.75) is 26.2 Å². The average molecular weight is 253 g/mol. The lowest BCUT2D eigenvalue weighted by Gasteiger charge is -1.97. The van der Waals surface area contributed by atoms with Gasteiger partial charge < -0.3 is 0 Å². The summed E-state index contributed by atoms with van der Waals surface area (Å²) in [5.74, 6) is -0.435. The van der Waals surface area contributed by atoms with Crippen LogP contribution in [0.3, 0.4) is 0 Å². The van der Waals surface area contributed by atoms with E-state index in [1.807, 2.05) is 13.8 Å². The molecule has 2 N–H and O–H groups in total. The predicted molar refractivity (Wildman–Crippen MR) is 62.8 cm³/mol. The molecule has 2 rings (SSSR count). The van der Waals surface area contributed by atoms with Crippen LogP contribution in [0.4, 0.5) is 5.13 Å². The number of hydrogen-bond acceptors (Lipinski definition) is 6. The Kier molecular flexibility index (Phi) is 3.14. The smallest absolute Gasteiger partial charge is 0.274 e. The van der Waals surface area contributed by atoms with Gasteiger partial charge in [0.05, 0.1) is 6.42 Å². The number of amides is 2. The highest BCUT2D eigenvalue weighted by atomic mass is 32.1. The molecule has 0 radical (unpaired) electrons. The first-order valence-electron chi connectivity index (χ1n) is 5.06. The Morgan fingerprint density at radius 3 is 2.76 bits per heavy atom. The van der Waals surface area contributed by atoms with Crippen LogP contribution in [0.15, 0.2) is 5.10 Å². The second-order valence-corrected chi connectivity index (χ2v) is 4.83. The second kappa shape index (κ2) is 4.58. The van der Waals surface area contributed by atoms with E-state index in [-0.39, 0.29) is 24.0 Å². The van der Waals surface area contributed by atoms with Gasteiger partial charge in [0.1, 0.15) is 10.7 Å². The van der Waals surface area contributed by atoms with Crippen LogP contribution < -0.4 is 10.7 Å². The molecule has 7 nitrogen and oxygen atoms in total. The summed E-state index contributed by atoms with van der Waals surface area (Å²) in [6, 6.07) is 0. The molecule has 0 saturated heterocycles. The molecule has 17 heavy (non-hydrogen) atoms. The van der Waals surface area contributed by atoms with Crippen molar-refractivity contribution in [3.05, 3.63) is 5.01 Å². The van der Waals surface area contributed by atoms with Gasteiger partial charge in [0, 0.05) is 5.92 Å². The van der Waals surface area contributed by atoms with Crippen LogP contribution in [0.5, 0.6) is 0 Å². The number of anilines is 1. The van der Waals surface area contributed by atoms with Crippen LogP contribution in [0.25, 0.3) is 0 Å². The lowest BCUT2D eigenvalue weighted by atomic mass is 10.2. The van der Waals surface area contributed by atoms with Crippen molar-refractivity contribution in [3.8, 4) is 0 Å². The van der Waals surface area contributed by atoms with Crippen LogP contribution in [-0.2, 0) is 9.59 Å². The van der Waals surface area contributed by atoms with Crippen molar-refractivity contribution in [1.29, 1.82) is 0 Å². The second-order valence-electron chi connectivity index (χ2n) is 3.82. The molecule has 0 aliphatic carbocycles. The van der Waals surface area contributed by atoms with E-state index in [0.717, 1.165) is 5.01 Å². The maximum absolute atomic E-state index is 11.6. The Balaban J connectivity index is 2.01. The Morgan fingerprint density at radius 1 is 1.47 bits per heavy atom. The monoisotopic (exact) mass is 253 g/mol. The third-order valence-corrected chi connectivity index (χ3v) is 3.20. The van der Waals surface area contributed by atoms with E-state index >= 15 is 0 Å². The van der Waals surface area contributed by atoms with Gasteiger partial charge in [0.25, 0.3) is 5.91 Å². The minimum absolute atomic E-state index is 0.00166. The molecule has 0 aromatic carbocycles. The van der Waals surface area contributed by atoms with Gasteiger partial charge in [-0.15, -0.1) is 10.2 Å². The molecule has 0 saturated carbocycles. The molecule has 90 valence electrons. The zero-order chi connectivity index (χ0) is 12.4. The summed E-state index contributed by atoms with van der Waals surface area (Å²) in [4.78, 5) is 22.5. The molecular formula is C9H11N5O2S. The molecular weight excluding hydrogens is 242 g/mol. The number of carbonyl (C=O) groups excluding carboxylic acids is 2. The van der Waals surface area contributed by atoms with E-state index in [0.29, 0.717) is 5.13 Å². The summed E-state index contributed by atoms with van der Waals surface area (Å²) in [5, 5.41) is 15.2. The van der Waals surface area contributed by atoms with Gasteiger partial charge in [0.2, 0.25) is 11.0 Å². The Morgan fingerprint density at radius 2 is 2.24 bits per heavy atom. The Labute approximate surface area is 101 Å². The molecule has 1 aliphatic rings. The number of nitrogens with one attached hydrogen (secondary N) is 2. The highest BCUT2D eigenvalue weighted by Gasteiger charge is 2.22. The van der Waals surface area contributed by atoms with Crippen molar-refractivity contribution in [3.63, 3.8) is 0 Å². The number of hydrogen-bond donors (Lipinski definition) is 2. The van der Waals surface area contributed by atoms with E-state index in [9.17, 15) is 9.59 Å². The van der Waals surface area contributed by atoms with E-state index in [1.165, 1.54) is 11.3 Å². The molecule has 0 fully saturated rings. The first-order valence-corrected chi connectivity index (χ1v) is 5.88. The number of carbonyl (C=O) groups is 2. The van der Waals surface area contributed by atoms with E-state index in [4.69, 9.17) is 0 Å². The zero-order valence-corrected chi connectivity index (χ0v) is 10.2. The summed E-state index contributed by atoms with van der Waals surface area (Å²) < 4.78 is 0. The van der Waals surface area contributed by atoms with Crippen molar-refractivity contribution in [1.82, 2.24) is 15.6 Å². The normalized spacial score (nSPS) is 14.8. The topological polar surface area (TPSA) is 96.3 Å². The summed E-state index contributed by atoms with van der Waals surface area (Å²) in [6.45, 7) is 3.99. The SMILES string of the molecule is CC(C)c1nnc(NC(=O)C2=NNC(=O)C2)s1. The van der Waals surface area contributed by atoms with Gasteiger partial charge >= 0.3 is 0 Å². The van der Waals surface area contributed by atoms with Crippen LogP contribution in [-0.4, -0.2) is 27.7 Å². The largest absolute Gasteiger partial charge is 0.295 e. The van der Waals surface area contributed by atoms with Crippen molar-refractivity contribution in [2.24, 2.45) is 5.10 Å². The fourth-order valence-corrected chi connectivity index (χ4v) is 1.92. The van der Waals surface area contributed by atoms with E-state index in [2.05, 4.69) is 26.0 Å². The van der Waals surface area contributed by atoms with Gasteiger partial charge in [-0.2, -0.15) is 5.10 Å². The molecule has 0 bridgehead atoms. The molecule has 2 heterocycles. The van der Waals surface area contributed by atoms with Crippen LogP contribution in [0, 0.1) is 0 Å². The quantitative estimate of drug-likeness (QED) is 0.818. The van der Waals surface area contributed by atoms with Gasteiger partial charge in [-0.1, -0.05) is 25.2 Å². The summed E-state index contributed by atoms with van der Waals surface area (Å²) in [5.41, 5.74) is 2.38. The van der Waals surface area contributed by atoms with Crippen molar-refractivity contribution in [2.75, 3.05) is 5.32 Å². The van der Waals surface area contributed by atoms with Gasteiger partial charge in [-0.05, 0) is 0 Å². The first kappa shape index (κ1) is 11.6. The van der Waals surface area contributed by atoms with Gasteiger partial charge in [-0.3, -0.25) is 14.9 Å². The predicted octanol–water partition coefficient (Wildman–Crippen LogP) is 0.476. The molecule has 8 heteroatoms. The Hall–Kier alpha value is -1.83. The molecule has 0 unspecified atom stereocenters. The van der Waals surface area contributed by atoms with Gasteiger partial charge in [-0.25, -0.2) is 5.43 Å². The number of hydrazone groups is 1. The van der Waals surface area contributed by atoms with Crippen LogP contribution in [0.2, 0.25) is 0 Å². The van der Waals surface area contributed by atoms with Crippen LogP contribution in [0.1, 0.15) is 31.2 Å². The first-order chi connectivity index (χ1) is 8.06. The summed E-state index contributed by atoms with van der Waals surface area (Å²) >= 11 is 1.31. The minimum Gasteiger partial charge on any atom is -0.295 e. The molecule has 0 atom stereocenters. The van der Waals surface area contributed by atoms with Crippen molar-refractivity contribution < 1.29 is 9.59 Å². The summed E-state index contributed by atoms with van der Waals surface area (Å²) in [6.07, 6.45) is 0.00166. The fraction of sp³-hybridized carbons (Fsp3) is 0.444. The lowest BCUT2D eigenvalue weighted by molar-refractivity contribution is -0.119. The highest BCUT2D eigenvalue weighted by Crippen LogP contribution is 2.22. The average Bonchev–Trinajstić information content (AvgIpc) is 2.86. The number of aromatic nitrogens is 2. The molecule has 0 spiro atoms. The molecule has 2 amide bonds. The summed E-state index contributed by atoms with van der Waals surface area (Å²) in [7, 11) is 0. The molecule has 1 aromatic heterocycles.